The number of urea groups is 1. The van der Waals surface area contributed by atoms with Crippen LogP contribution in [0, 0.1) is 0 Å². The first-order valence-corrected chi connectivity index (χ1v) is 8.49. The van der Waals surface area contributed by atoms with Gasteiger partial charge in [-0.15, -0.1) is 0 Å². The molecule has 26 heavy (non-hydrogen) atoms. The van der Waals surface area contributed by atoms with E-state index in [1.807, 2.05) is 24.3 Å². The van der Waals surface area contributed by atoms with E-state index in [1.165, 1.54) is 19.7 Å². The van der Waals surface area contributed by atoms with Gasteiger partial charge in [-0.1, -0.05) is 12.1 Å². The number of hydrogen-bond acceptors (Lipinski definition) is 4. The molecule has 0 aromatic heterocycles. The van der Waals surface area contributed by atoms with Crippen molar-refractivity contribution >= 4 is 11.7 Å². The molecular weight excluding hydrogens is 332 g/mol. The van der Waals surface area contributed by atoms with E-state index >= 15 is 0 Å². The number of amides is 2. The number of carbonyl (C=O) groups is 1. The van der Waals surface area contributed by atoms with Crippen molar-refractivity contribution < 1.29 is 19.1 Å². The minimum absolute atomic E-state index is 0.173. The first-order chi connectivity index (χ1) is 12.4. The van der Waals surface area contributed by atoms with Gasteiger partial charge < -0.3 is 14.8 Å². The molecule has 2 aromatic carbocycles. The normalized spacial score (nSPS) is 14.3. The van der Waals surface area contributed by atoms with Crippen LogP contribution in [-0.4, -0.2) is 30.9 Å². The highest BCUT2D eigenvalue weighted by atomic mass is 16.7. The second kappa shape index (κ2) is 7.25. The fourth-order valence-corrected chi connectivity index (χ4v) is 2.88. The number of ether oxygens (including phenoxy) is 2. The SMILES string of the molecule is CON(C)C(=O)Nc1ccc(OCc2cccc3c2CC(C)(C)O3)cc1. The van der Waals surface area contributed by atoms with Crippen molar-refractivity contribution in [2.24, 2.45) is 0 Å². The van der Waals surface area contributed by atoms with Crippen molar-refractivity contribution in [3.8, 4) is 11.5 Å². The number of rotatable bonds is 5. The number of nitrogens with zero attached hydrogens (tertiary/aromatic N) is 1. The summed E-state index contributed by atoms with van der Waals surface area (Å²) in [5.41, 5.74) is 2.84. The van der Waals surface area contributed by atoms with Gasteiger partial charge in [0.25, 0.3) is 0 Å². The summed E-state index contributed by atoms with van der Waals surface area (Å²) in [7, 11) is 2.97. The van der Waals surface area contributed by atoms with Gasteiger partial charge in [0, 0.05) is 24.7 Å². The molecule has 2 aromatic rings. The maximum Gasteiger partial charge on any atom is 0.345 e. The number of nitrogens with one attached hydrogen (secondary N) is 1. The van der Waals surface area contributed by atoms with Crippen LogP contribution in [0.3, 0.4) is 0 Å². The van der Waals surface area contributed by atoms with Crippen LogP contribution in [0.1, 0.15) is 25.0 Å². The van der Waals surface area contributed by atoms with Crippen molar-refractivity contribution in [2.75, 3.05) is 19.5 Å². The molecule has 0 saturated heterocycles. The molecule has 6 heteroatoms. The summed E-state index contributed by atoms with van der Waals surface area (Å²) in [6.45, 7) is 4.65. The highest BCUT2D eigenvalue weighted by molar-refractivity contribution is 5.88. The van der Waals surface area contributed by atoms with Crippen molar-refractivity contribution in [2.45, 2.75) is 32.5 Å². The predicted molar refractivity (Wildman–Crippen MR) is 99.4 cm³/mol. The lowest BCUT2D eigenvalue weighted by molar-refractivity contribution is -0.0598. The second-order valence-electron chi connectivity index (χ2n) is 6.86. The molecule has 1 aliphatic rings. The van der Waals surface area contributed by atoms with Crippen LogP contribution in [0.25, 0.3) is 0 Å². The van der Waals surface area contributed by atoms with Crippen LogP contribution >= 0.6 is 0 Å². The van der Waals surface area contributed by atoms with Crippen LogP contribution in [0.5, 0.6) is 11.5 Å². The summed E-state index contributed by atoms with van der Waals surface area (Å²) in [6, 6.07) is 12.9. The molecule has 0 aliphatic carbocycles. The molecule has 1 heterocycles. The summed E-state index contributed by atoms with van der Waals surface area (Å²) < 4.78 is 11.9. The van der Waals surface area contributed by atoms with Crippen molar-refractivity contribution in [1.29, 1.82) is 0 Å². The van der Waals surface area contributed by atoms with Crippen molar-refractivity contribution in [3.05, 3.63) is 53.6 Å². The molecule has 0 atom stereocenters. The summed E-state index contributed by atoms with van der Waals surface area (Å²) in [5.74, 6) is 1.68. The zero-order valence-electron chi connectivity index (χ0n) is 15.5. The Morgan fingerprint density at radius 2 is 1.96 bits per heavy atom. The summed E-state index contributed by atoms with van der Waals surface area (Å²) in [6.07, 6.45) is 0.875. The summed E-state index contributed by atoms with van der Waals surface area (Å²) >= 11 is 0. The molecule has 6 nitrogen and oxygen atoms in total. The molecule has 1 aliphatic heterocycles. The largest absolute Gasteiger partial charge is 0.489 e. The molecule has 0 saturated carbocycles. The highest BCUT2D eigenvalue weighted by Crippen LogP contribution is 2.37. The standard InChI is InChI=1S/C20H24N2O4/c1-20(2)12-17-14(6-5-7-18(17)26-20)13-25-16-10-8-15(9-11-16)21-19(23)22(3)24-4/h5-11H,12-13H2,1-4H3,(H,21,23). The van der Waals surface area contributed by atoms with Gasteiger partial charge in [-0.05, 0) is 49.7 Å². The number of benzene rings is 2. The Morgan fingerprint density at radius 3 is 2.65 bits per heavy atom. The quantitative estimate of drug-likeness (QED) is 0.823. The van der Waals surface area contributed by atoms with Gasteiger partial charge in [0.1, 0.15) is 23.7 Å². The Labute approximate surface area is 153 Å². The average molecular weight is 356 g/mol. The van der Waals surface area contributed by atoms with E-state index in [1.54, 1.807) is 12.1 Å². The molecule has 0 unspecified atom stereocenters. The van der Waals surface area contributed by atoms with Crippen LogP contribution in [-0.2, 0) is 17.9 Å². The van der Waals surface area contributed by atoms with Crippen LogP contribution < -0.4 is 14.8 Å². The maximum absolute atomic E-state index is 11.7. The zero-order chi connectivity index (χ0) is 18.7. The molecule has 0 spiro atoms. The molecule has 2 amide bonds. The van der Waals surface area contributed by atoms with Gasteiger partial charge in [-0.2, -0.15) is 0 Å². The number of fused-ring (bicyclic) bond motifs is 1. The Bertz CT molecular complexity index is 787. The Hall–Kier alpha value is -2.73. The van der Waals surface area contributed by atoms with Crippen LogP contribution in [0.2, 0.25) is 0 Å². The Morgan fingerprint density at radius 1 is 1.23 bits per heavy atom. The van der Waals surface area contributed by atoms with Crippen molar-refractivity contribution in [1.82, 2.24) is 5.06 Å². The van der Waals surface area contributed by atoms with Gasteiger partial charge in [0.2, 0.25) is 0 Å². The molecule has 0 bridgehead atoms. The molecule has 0 fully saturated rings. The number of hydrogen-bond donors (Lipinski definition) is 1. The van der Waals surface area contributed by atoms with E-state index in [0.717, 1.165) is 28.5 Å². The molecule has 138 valence electrons. The fourth-order valence-electron chi connectivity index (χ4n) is 2.88. The van der Waals surface area contributed by atoms with E-state index in [9.17, 15) is 4.79 Å². The van der Waals surface area contributed by atoms with Gasteiger partial charge in [-0.3, -0.25) is 4.84 Å². The fraction of sp³-hybridized carbons (Fsp3) is 0.350. The molecule has 1 N–H and O–H groups in total. The minimum Gasteiger partial charge on any atom is -0.489 e. The van der Waals surface area contributed by atoms with E-state index in [4.69, 9.17) is 14.3 Å². The third-order valence-electron chi connectivity index (χ3n) is 4.28. The zero-order valence-corrected chi connectivity index (χ0v) is 15.5. The van der Waals surface area contributed by atoms with Gasteiger partial charge in [0.15, 0.2) is 0 Å². The first kappa shape index (κ1) is 18.1. The third-order valence-corrected chi connectivity index (χ3v) is 4.28. The number of anilines is 1. The van der Waals surface area contributed by atoms with Crippen LogP contribution in [0.15, 0.2) is 42.5 Å². The van der Waals surface area contributed by atoms with Gasteiger partial charge in [0.05, 0.1) is 7.11 Å². The topological polar surface area (TPSA) is 60.0 Å². The summed E-state index contributed by atoms with van der Waals surface area (Å²) in [4.78, 5) is 16.6. The Kier molecular flexibility index (Phi) is 5.04. The van der Waals surface area contributed by atoms with Crippen LogP contribution in [0.4, 0.5) is 10.5 Å². The number of hydroxylamine groups is 2. The van der Waals surface area contributed by atoms with Crippen molar-refractivity contribution in [3.63, 3.8) is 0 Å². The monoisotopic (exact) mass is 356 g/mol. The summed E-state index contributed by atoms with van der Waals surface area (Å²) in [5, 5.41) is 3.84. The van der Waals surface area contributed by atoms with Gasteiger partial charge in [-0.25, -0.2) is 9.86 Å². The number of carbonyl (C=O) groups excluding carboxylic acids is 1. The lowest BCUT2D eigenvalue weighted by atomic mass is 9.98. The lowest BCUT2D eigenvalue weighted by Gasteiger charge is -2.16. The van der Waals surface area contributed by atoms with E-state index in [-0.39, 0.29) is 11.6 Å². The predicted octanol–water partition coefficient (Wildman–Crippen LogP) is 4.00. The van der Waals surface area contributed by atoms with Gasteiger partial charge >= 0.3 is 6.03 Å². The van der Waals surface area contributed by atoms with E-state index < -0.39 is 0 Å². The third kappa shape index (κ3) is 4.08. The molecular formula is C20H24N2O4. The minimum atomic E-state index is -0.344. The van der Waals surface area contributed by atoms with E-state index in [0.29, 0.717) is 12.3 Å². The highest BCUT2D eigenvalue weighted by Gasteiger charge is 2.31. The second-order valence-corrected chi connectivity index (χ2v) is 6.86. The molecule has 3 rings (SSSR count). The smallest absolute Gasteiger partial charge is 0.345 e. The molecule has 0 radical (unpaired) electrons. The lowest BCUT2D eigenvalue weighted by Crippen LogP contribution is -2.30. The average Bonchev–Trinajstić information content (AvgIpc) is 2.94. The maximum atomic E-state index is 11.7. The first-order valence-electron chi connectivity index (χ1n) is 8.49. The Balaban J connectivity index is 1.62. The van der Waals surface area contributed by atoms with E-state index in [2.05, 4.69) is 25.2 Å².